The molecule has 0 aromatic heterocycles. The van der Waals surface area contributed by atoms with E-state index in [9.17, 15) is 9.59 Å². The normalized spacial score (nSPS) is 21.4. The second-order valence-electron chi connectivity index (χ2n) is 7.30. The predicted molar refractivity (Wildman–Crippen MR) is 108 cm³/mol. The molecule has 1 aliphatic rings. The highest BCUT2D eigenvalue weighted by atomic mass is 16.2. The molecule has 0 bridgehead atoms. The number of rotatable bonds is 0. The van der Waals surface area contributed by atoms with E-state index < -0.39 is 0 Å². The van der Waals surface area contributed by atoms with Crippen LogP contribution >= 0.6 is 0 Å². The SMILES string of the molecule is O=C1CCCCCCCCC#CCCCCCCCCC(=O)NCCN1. The molecule has 0 aromatic rings. The Labute approximate surface area is 160 Å². The van der Waals surface area contributed by atoms with Crippen LogP contribution in [0.3, 0.4) is 0 Å². The van der Waals surface area contributed by atoms with Gasteiger partial charge in [-0.25, -0.2) is 0 Å². The second kappa shape index (κ2) is 16.9. The van der Waals surface area contributed by atoms with E-state index in [1.165, 1.54) is 51.4 Å². The van der Waals surface area contributed by atoms with Gasteiger partial charge >= 0.3 is 0 Å². The molecule has 0 spiro atoms. The molecular weight excluding hydrogens is 324 g/mol. The highest BCUT2D eigenvalue weighted by Gasteiger charge is 2.03. The van der Waals surface area contributed by atoms with Crippen molar-refractivity contribution in [3.63, 3.8) is 0 Å². The first kappa shape index (κ1) is 22.5. The highest BCUT2D eigenvalue weighted by Crippen LogP contribution is 2.10. The van der Waals surface area contributed by atoms with Crippen LogP contribution in [0.25, 0.3) is 0 Å². The average molecular weight is 363 g/mol. The van der Waals surface area contributed by atoms with E-state index in [1.54, 1.807) is 0 Å². The van der Waals surface area contributed by atoms with Crippen molar-refractivity contribution >= 4 is 11.8 Å². The standard InChI is InChI=1S/C22H38N2O2/c25-21-17-15-13-11-9-7-5-3-1-2-4-6-8-10-12-14-16-18-22(26)24-20-19-23-21/h3-20H2,(H,23,25)(H,24,26). The molecule has 1 aliphatic heterocycles. The molecule has 0 aromatic carbocycles. The van der Waals surface area contributed by atoms with Crippen molar-refractivity contribution in [3.05, 3.63) is 0 Å². The summed E-state index contributed by atoms with van der Waals surface area (Å²) in [6, 6.07) is 0. The van der Waals surface area contributed by atoms with Gasteiger partial charge in [-0.1, -0.05) is 51.4 Å². The van der Waals surface area contributed by atoms with Crippen LogP contribution in [-0.4, -0.2) is 24.9 Å². The van der Waals surface area contributed by atoms with E-state index in [2.05, 4.69) is 22.5 Å². The maximum absolute atomic E-state index is 11.7. The van der Waals surface area contributed by atoms with Gasteiger partial charge in [0.2, 0.25) is 11.8 Å². The molecule has 26 heavy (non-hydrogen) atoms. The van der Waals surface area contributed by atoms with Crippen LogP contribution in [0.5, 0.6) is 0 Å². The van der Waals surface area contributed by atoms with Gasteiger partial charge in [-0.05, 0) is 25.7 Å². The van der Waals surface area contributed by atoms with E-state index in [0.29, 0.717) is 25.9 Å². The Morgan fingerprint density at radius 1 is 0.500 bits per heavy atom. The summed E-state index contributed by atoms with van der Waals surface area (Å²) >= 11 is 0. The summed E-state index contributed by atoms with van der Waals surface area (Å²) in [5.41, 5.74) is 0. The third kappa shape index (κ3) is 14.8. The number of carbonyl (C=O) groups excluding carboxylic acids is 2. The van der Waals surface area contributed by atoms with Crippen molar-refractivity contribution in [1.82, 2.24) is 10.6 Å². The molecule has 0 atom stereocenters. The highest BCUT2D eigenvalue weighted by molar-refractivity contribution is 5.77. The number of nitrogens with one attached hydrogen (secondary N) is 2. The summed E-state index contributed by atoms with van der Waals surface area (Å²) in [5.74, 6) is 6.80. The molecule has 148 valence electrons. The third-order valence-electron chi connectivity index (χ3n) is 4.81. The van der Waals surface area contributed by atoms with Crippen LogP contribution in [0.2, 0.25) is 0 Å². The Morgan fingerprint density at radius 2 is 0.846 bits per heavy atom. The Morgan fingerprint density at radius 3 is 1.27 bits per heavy atom. The molecule has 0 fully saturated rings. The zero-order chi connectivity index (χ0) is 18.7. The van der Waals surface area contributed by atoms with Crippen LogP contribution in [0, 0.1) is 11.8 Å². The number of amides is 2. The molecule has 0 aliphatic carbocycles. The summed E-state index contributed by atoms with van der Waals surface area (Å²) in [4.78, 5) is 23.5. The van der Waals surface area contributed by atoms with Crippen LogP contribution in [0.15, 0.2) is 0 Å². The summed E-state index contributed by atoms with van der Waals surface area (Å²) in [5, 5.41) is 5.77. The van der Waals surface area contributed by atoms with Gasteiger partial charge in [-0.3, -0.25) is 9.59 Å². The van der Waals surface area contributed by atoms with Crippen LogP contribution in [-0.2, 0) is 9.59 Å². The van der Waals surface area contributed by atoms with Gasteiger partial charge in [0.25, 0.3) is 0 Å². The van der Waals surface area contributed by atoms with Crippen LogP contribution < -0.4 is 10.6 Å². The van der Waals surface area contributed by atoms with Crippen LogP contribution in [0.4, 0.5) is 0 Å². The molecule has 1 heterocycles. The summed E-state index contributed by atoms with van der Waals surface area (Å²) in [6.45, 7) is 1.07. The van der Waals surface area contributed by atoms with Gasteiger partial charge < -0.3 is 10.6 Å². The molecule has 4 heteroatoms. The average Bonchev–Trinajstić information content (AvgIpc) is 2.63. The molecule has 0 radical (unpaired) electrons. The lowest BCUT2D eigenvalue weighted by Gasteiger charge is -2.07. The van der Waals surface area contributed by atoms with Crippen LogP contribution in [0.1, 0.15) is 103 Å². The van der Waals surface area contributed by atoms with Gasteiger partial charge in [0, 0.05) is 38.8 Å². The monoisotopic (exact) mass is 362 g/mol. The van der Waals surface area contributed by atoms with E-state index >= 15 is 0 Å². The number of carbonyl (C=O) groups is 2. The van der Waals surface area contributed by atoms with Crippen molar-refractivity contribution < 1.29 is 9.59 Å². The van der Waals surface area contributed by atoms with Crippen molar-refractivity contribution in [2.24, 2.45) is 0 Å². The minimum Gasteiger partial charge on any atom is -0.354 e. The van der Waals surface area contributed by atoms with Crippen molar-refractivity contribution in [2.45, 2.75) is 103 Å². The van der Waals surface area contributed by atoms with Crippen molar-refractivity contribution in [2.75, 3.05) is 13.1 Å². The predicted octanol–water partition coefficient (Wildman–Crippen LogP) is 4.48. The first-order chi connectivity index (χ1) is 12.8. The summed E-state index contributed by atoms with van der Waals surface area (Å²) in [7, 11) is 0. The third-order valence-corrected chi connectivity index (χ3v) is 4.81. The second-order valence-corrected chi connectivity index (χ2v) is 7.30. The quantitative estimate of drug-likeness (QED) is 0.624. The minimum atomic E-state index is 0.101. The molecular formula is C22H38N2O2. The zero-order valence-electron chi connectivity index (χ0n) is 16.5. The number of hydrogen-bond donors (Lipinski definition) is 2. The van der Waals surface area contributed by atoms with Gasteiger partial charge in [0.05, 0.1) is 0 Å². The van der Waals surface area contributed by atoms with Crippen molar-refractivity contribution in [1.29, 1.82) is 0 Å². The first-order valence-corrected chi connectivity index (χ1v) is 10.8. The maximum Gasteiger partial charge on any atom is 0.220 e. The van der Waals surface area contributed by atoms with Gasteiger partial charge in [-0.15, -0.1) is 11.8 Å². The molecule has 0 unspecified atom stereocenters. The Kier molecular flexibility index (Phi) is 14.7. The first-order valence-electron chi connectivity index (χ1n) is 10.8. The molecule has 4 nitrogen and oxygen atoms in total. The van der Waals surface area contributed by atoms with Gasteiger partial charge in [-0.2, -0.15) is 0 Å². The summed E-state index contributed by atoms with van der Waals surface area (Å²) < 4.78 is 0. The van der Waals surface area contributed by atoms with Crippen molar-refractivity contribution in [3.8, 4) is 11.8 Å². The lowest BCUT2D eigenvalue weighted by Crippen LogP contribution is -2.34. The molecule has 0 saturated carbocycles. The van der Waals surface area contributed by atoms with Gasteiger partial charge in [0.1, 0.15) is 0 Å². The molecule has 1 rings (SSSR count). The fourth-order valence-corrected chi connectivity index (χ4v) is 3.17. The molecule has 0 saturated heterocycles. The Balaban J connectivity index is 2.22. The number of hydrogen-bond acceptors (Lipinski definition) is 2. The van der Waals surface area contributed by atoms with E-state index in [1.807, 2.05) is 0 Å². The molecule has 2 N–H and O–H groups in total. The van der Waals surface area contributed by atoms with E-state index in [-0.39, 0.29) is 11.8 Å². The van der Waals surface area contributed by atoms with E-state index in [4.69, 9.17) is 0 Å². The molecule has 2 amide bonds. The Hall–Kier alpha value is -1.50. The topological polar surface area (TPSA) is 58.2 Å². The fraction of sp³-hybridized carbons (Fsp3) is 0.818. The largest absolute Gasteiger partial charge is 0.354 e. The lowest BCUT2D eigenvalue weighted by molar-refractivity contribution is -0.123. The van der Waals surface area contributed by atoms with Gasteiger partial charge in [0.15, 0.2) is 0 Å². The lowest BCUT2D eigenvalue weighted by atomic mass is 10.1. The maximum atomic E-state index is 11.7. The Bertz CT molecular complexity index is 399. The van der Waals surface area contributed by atoms with E-state index in [0.717, 1.165) is 38.5 Å². The smallest absolute Gasteiger partial charge is 0.220 e. The zero-order valence-corrected chi connectivity index (χ0v) is 16.5. The summed E-state index contributed by atoms with van der Waals surface area (Å²) in [6.07, 6.45) is 17.2. The minimum absolute atomic E-state index is 0.101. The fourth-order valence-electron chi connectivity index (χ4n) is 3.17.